The van der Waals surface area contributed by atoms with Gasteiger partial charge in [-0.25, -0.2) is 0 Å². The number of nitro groups is 1. The fraction of sp³-hybridized carbons (Fsp3) is 0.333. The van der Waals surface area contributed by atoms with Crippen LogP contribution >= 0.6 is 0 Å². The second-order valence-electron chi connectivity index (χ2n) is 2.36. The fourth-order valence-corrected chi connectivity index (χ4v) is 0.725. The molecule has 0 spiro atoms. The number of anilines is 1. The van der Waals surface area contributed by atoms with Gasteiger partial charge in [0.25, 0.3) is 12.5 Å². The lowest BCUT2D eigenvalue weighted by Crippen LogP contribution is -2.21. The van der Waals surface area contributed by atoms with Gasteiger partial charge in [0.05, 0.1) is 0 Å². The lowest BCUT2D eigenvalue weighted by molar-refractivity contribution is -0.467. The van der Waals surface area contributed by atoms with Crippen molar-refractivity contribution in [3.63, 3.8) is 0 Å². The van der Waals surface area contributed by atoms with Crippen molar-refractivity contribution < 1.29 is 14.2 Å². The lowest BCUT2D eigenvalue weighted by atomic mass is 10.5. The van der Waals surface area contributed by atoms with Gasteiger partial charge in [-0.3, -0.25) is 14.9 Å². The molecule has 0 aliphatic rings. The van der Waals surface area contributed by atoms with Gasteiger partial charge >= 0.3 is 0 Å². The van der Waals surface area contributed by atoms with Gasteiger partial charge in [0.15, 0.2) is 5.82 Å². The largest absolute Gasteiger partial charge is 0.360 e. The standard InChI is InChI=1S/C6H7N3O4/c1-4-2-5(8-13-4)7-6(10)3-9(11)12/h2H,3H2,1H3,(H,7,8,10). The summed E-state index contributed by atoms with van der Waals surface area (Å²) >= 11 is 0. The zero-order valence-electron chi connectivity index (χ0n) is 6.81. The van der Waals surface area contributed by atoms with Crippen LogP contribution in [0.1, 0.15) is 5.76 Å². The summed E-state index contributed by atoms with van der Waals surface area (Å²) in [6, 6.07) is 1.47. The second kappa shape index (κ2) is 3.65. The highest BCUT2D eigenvalue weighted by Gasteiger charge is 2.11. The Kier molecular flexibility index (Phi) is 2.58. The molecule has 1 N–H and O–H groups in total. The molecule has 0 atom stereocenters. The van der Waals surface area contributed by atoms with E-state index in [1.165, 1.54) is 6.07 Å². The average molecular weight is 185 g/mol. The van der Waals surface area contributed by atoms with E-state index in [1.807, 2.05) is 0 Å². The van der Waals surface area contributed by atoms with Crippen molar-refractivity contribution in [3.05, 3.63) is 21.9 Å². The molecule has 70 valence electrons. The predicted molar refractivity (Wildman–Crippen MR) is 41.7 cm³/mol. The van der Waals surface area contributed by atoms with Crippen LogP contribution in [0.3, 0.4) is 0 Å². The van der Waals surface area contributed by atoms with E-state index in [-0.39, 0.29) is 5.82 Å². The van der Waals surface area contributed by atoms with Gasteiger partial charge in [-0.1, -0.05) is 5.16 Å². The molecule has 7 heteroatoms. The van der Waals surface area contributed by atoms with E-state index in [9.17, 15) is 14.9 Å². The third kappa shape index (κ3) is 2.89. The van der Waals surface area contributed by atoms with Gasteiger partial charge < -0.3 is 9.84 Å². The highest BCUT2D eigenvalue weighted by Crippen LogP contribution is 2.06. The van der Waals surface area contributed by atoms with E-state index in [2.05, 4.69) is 15.0 Å². The highest BCUT2D eigenvalue weighted by atomic mass is 16.6. The van der Waals surface area contributed by atoms with Crippen LogP contribution in [0.25, 0.3) is 0 Å². The SMILES string of the molecule is Cc1cc(NC(=O)C[N+](=O)[O-])no1. The molecule has 1 heterocycles. The van der Waals surface area contributed by atoms with E-state index in [4.69, 9.17) is 0 Å². The molecule has 0 unspecified atom stereocenters. The Labute approximate surface area is 72.9 Å². The zero-order valence-corrected chi connectivity index (χ0v) is 6.81. The van der Waals surface area contributed by atoms with Gasteiger partial charge in [-0.2, -0.15) is 0 Å². The second-order valence-corrected chi connectivity index (χ2v) is 2.36. The van der Waals surface area contributed by atoms with Gasteiger partial charge in [0.1, 0.15) is 5.76 Å². The van der Waals surface area contributed by atoms with Crippen LogP contribution in [-0.2, 0) is 4.79 Å². The van der Waals surface area contributed by atoms with Crippen LogP contribution in [0.2, 0.25) is 0 Å². The molecule has 0 radical (unpaired) electrons. The van der Waals surface area contributed by atoms with E-state index >= 15 is 0 Å². The minimum Gasteiger partial charge on any atom is -0.360 e. The number of aryl methyl sites for hydroxylation is 1. The third-order valence-corrected chi connectivity index (χ3v) is 1.17. The summed E-state index contributed by atoms with van der Waals surface area (Å²) in [4.78, 5) is 20.0. The summed E-state index contributed by atoms with van der Waals surface area (Å²) in [6.07, 6.45) is 0. The Morgan fingerprint density at radius 3 is 3.00 bits per heavy atom. The summed E-state index contributed by atoms with van der Waals surface area (Å²) in [6.45, 7) is 0.877. The normalized spacial score (nSPS) is 9.62. The Balaban J connectivity index is 2.50. The fourth-order valence-electron chi connectivity index (χ4n) is 0.725. The summed E-state index contributed by atoms with van der Waals surface area (Å²) in [5, 5.41) is 15.5. The van der Waals surface area contributed by atoms with Crippen molar-refractivity contribution in [2.75, 3.05) is 11.9 Å². The topological polar surface area (TPSA) is 98.3 Å². The Bertz CT molecular complexity index is 332. The maximum Gasteiger partial charge on any atom is 0.297 e. The number of nitrogens with zero attached hydrogens (tertiary/aromatic N) is 2. The molecule has 7 nitrogen and oxygen atoms in total. The molecular formula is C6H7N3O4. The summed E-state index contributed by atoms with van der Waals surface area (Å²) in [7, 11) is 0. The van der Waals surface area contributed by atoms with Crippen LogP contribution in [0, 0.1) is 17.0 Å². The highest BCUT2D eigenvalue weighted by molar-refractivity contribution is 5.90. The molecular weight excluding hydrogens is 178 g/mol. The quantitative estimate of drug-likeness (QED) is 0.535. The van der Waals surface area contributed by atoms with E-state index in [1.54, 1.807) is 6.92 Å². The summed E-state index contributed by atoms with van der Waals surface area (Å²) in [5.74, 6) is -0.0148. The van der Waals surface area contributed by atoms with Crippen LogP contribution in [0.5, 0.6) is 0 Å². The van der Waals surface area contributed by atoms with Crippen LogP contribution in [-0.4, -0.2) is 22.5 Å². The number of hydrogen-bond acceptors (Lipinski definition) is 5. The first-order valence-corrected chi connectivity index (χ1v) is 3.43. The van der Waals surface area contributed by atoms with Crippen molar-refractivity contribution in [2.45, 2.75) is 6.92 Å². The number of rotatable bonds is 3. The molecule has 1 rings (SSSR count). The molecule has 0 saturated heterocycles. The van der Waals surface area contributed by atoms with Crippen molar-refractivity contribution >= 4 is 11.7 Å². The molecule has 1 amide bonds. The minimum absolute atomic E-state index is 0.185. The Morgan fingerprint density at radius 2 is 2.54 bits per heavy atom. The molecule has 0 fully saturated rings. The maximum absolute atomic E-state index is 10.8. The number of carbonyl (C=O) groups excluding carboxylic acids is 1. The summed E-state index contributed by atoms with van der Waals surface area (Å²) in [5.41, 5.74) is 0. The first-order valence-electron chi connectivity index (χ1n) is 3.43. The average Bonchev–Trinajstić information content (AvgIpc) is 2.33. The third-order valence-electron chi connectivity index (χ3n) is 1.17. The van der Waals surface area contributed by atoms with Crippen LogP contribution in [0.4, 0.5) is 5.82 Å². The zero-order chi connectivity index (χ0) is 9.84. The molecule has 0 bridgehead atoms. The monoisotopic (exact) mass is 185 g/mol. The maximum atomic E-state index is 10.8. The van der Waals surface area contributed by atoms with E-state index < -0.39 is 17.4 Å². The first-order chi connectivity index (χ1) is 6.08. The van der Waals surface area contributed by atoms with Gasteiger partial charge in [0, 0.05) is 11.0 Å². The van der Waals surface area contributed by atoms with Crippen LogP contribution < -0.4 is 5.32 Å². The smallest absolute Gasteiger partial charge is 0.297 e. The molecule has 13 heavy (non-hydrogen) atoms. The van der Waals surface area contributed by atoms with E-state index in [0.29, 0.717) is 5.76 Å². The summed E-state index contributed by atoms with van der Waals surface area (Å²) < 4.78 is 4.64. The van der Waals surface area contributed by atoms with Crippen molar-refractivity contribution in [1.29, 1.82) is 0 Å². The van der Waals surface area contributed by atoms with Crippen molar-refractivity contribution in [1.82, 2.24) is 5.16 Å². The van der Waals surface area contributed by atoms with Gasteiger partial charge in [0.2, 0.25) is 0 Å². The van der Waals surface area contributed by atoms with Gasteiger partial charge in [-0.05, 0) is 6.92 Å². The predicted octanol–water partition coefficient (Wildman–Crippen LogP) is 0.198. The number of carbonyl (C=O) groups is 1. The Morgan fingerprint density at radius 1 is 1.85 bits per heavy atom. The Hall–Kier alpha value is -1.92. The van der Waals surface area contributed by atoms with Crippen molar-refractivity contribution in [3.8, 4) is 0 Å². The molecule has 1 aromatic rings. The lowest BCUT2D eigenvalue weighted by Gasteiger charge is -1.94. The molecule has 0 saturated carbocycles. The molecule has 0 aromatic carbocycles. The minimum atomic E-state index is -0.772. The molecule has 0 aliphatic heterocycles. The number of amides is 1. The van der Waals surface area contributed by atoms with Gasteiger partial charge in [-0.15, -0.1) is 0 Å². The van der Waals surface area contributed by atoms with E-state index in [0.717, 1.165) is 0 Å². The van der Waals surface area contributed by atoms with Crippen LogP contribution in [0.15, 0.2) is 10.6 Å². The van der Waals surface area contributed by atoms with Crippen molar-refractivity contribution in [2.24, 2.45) is 0 Å². The number of nitrogens with one attached hydrogen (secondary N) is 1. The number of hydrogen-bond donors (Lipinski definition) is 1. The first kappa shape index (κ1) is 9.17. The molecule has 0 aliphatic carbocycles. The number of aromatic nitrogens is 1. The molecule has 1 aromatic heterocycles.